The summed E-state index contributed by atoms with van der Waals surface area (Å²) >= 11 is 0. The Labute approximate surface area is 188 Å². The van der Waals surface area contributed by atoms with Crippen LogP contribution >= 0.6 is 0 Å². The van der Waals surface area contributed by atoms with Gasteiger partial charge in [0, 0.05) is 49.2 Å². The molecule has 1 fully saturated rings. The highest BCUT2D eigenvalue weighted by molar-refractivity contribution is 6.08. The first-order chi connectivity index (χ1) is 15.6. The molecule has 1 unspecified atom stereocenters. The van der Waals surface area contributed by atoms with Gasteiger partial charge in [-0.05, 0) is 49.4 Å². The second kappa shape index (κ2) is 8.91. The minimum atomic E-state index is -0.197. The molecule has 32 heavy (non-hydrogen) atoms. The topological polar surface area (TPSA) is 37.3 Å². The summed E-state index contributed by atoms with van der Waals surface area (Å²) in [5, 5.41) is 4.33. The maximum Gasteiger partial charge on any atom is 0.256 e. The molecule has 5 rings (SSSR count). The molecule has 1 saturated heterocycles. The van der Waals surface area contributed by atoms with Crippen molar-refractivity contribution in [2.24, 2.45) is 0 Å². The fraction of sp³-hybridized carbons (Fsp3) is 0.370. The Morgan fingerprint density at radius 1 is 1.12 bits per heavy atom. The average Bonchev–Trinajstić information content (AvgIpc) is 3.16. The molecule has 4 nitrogen and oxygen atoms in total. The van der Waals surface area contributed by atoms with Crippen LogP contribution in [-0.4, -0.2) is 41.6 Å². The Balaban J connectivity index is 1.72. The third-order valence-corrected chi connectivity index (χ3v) is 6.93. The van der Waals surface area contributed by atoms with E-state index in [9.17, 15) is 9.18 Å². The molecule has 2 heterocycles. The van der Waals surface area contributed by atoms with E-state index >= 15 is 0 Å². The first-order valence-electron chi connectivity index (χ1n) is 11.7. The Morgan fingerprint density at radius 3 is 2.72 bits per heavy atom. The van der Waals surface area contributed by atoms with Gasteiger partial charge in [-0.2, -0.15) is 0 Å². The highest BCUT2D eigenvalue weighted by atomic mass is 19.1. The van der Waals surface area contributed by atoms with E-state index in [1.807, 2.05) is 30.0 Å². The van der Waals surface area contributed by atoms with E-state index in [1.54, 1.807) is 6.07 Å². The number of halogens is 1. The number of fused-ring (bicyclic) bond motifs is 1. The molecule has 166 valence electrons. The lowest BCUT2D eigenvalue weighted by Gasteiger charge is -2.28. The Hall–Kier alpha value is -2.92. The van der Waals surface area contributed by atoms with E-state index in [1.165, 1.54) is 6.07 Å². The van der Waals surface area contributed by atoms with Gasteiger partial charge >= 0.3 is 0 Å². The number of para-hydroxylation sites is 1. The quantitative estimate of drug-likeness (QED) is 0.590. The van der Waals surface area contributed by atoms with Crippen molar-refractivity contribution in [1.29, 1.82) is 0 Å². The fourth-order valence-corrected chi connectivity index (χ4v) is 5.17. The second-order valence-electron chi connectivity index (χ2n) is 8.88. The number of nitrogens with one attached hydrogen (secondary N) is 1. The molecule has 0 radical (unpaired) electrons. The number of nitrogens with zero attached hydrogens (tertiary/aromatic N) is 2. The number of benzene rings is 2. The van der Waals surface area contributed by atoms with Crippen LogP contribution in [-0.2, 0) is 6.42 Å². The zero-order chi connectivity index (χ0) is 22.1. The molecular formula is C27H30FN3O. The van der Waals surface area contributed by atoms with E-state index < -0.39 is 0 Å². The van der Waals surface area contributed by atoms with Crippen molar-refractivity contribution in [1.82, 2.24) is 14.8 Å². The van der Waals surface area contributed by atoms with Crippen molar-refractivity contribution in [3.63, 3.8) is 0 Å². The number of rotatable bonds is 4. The van der Waals surface area contributed by atoms with Crippen LogP contribution in [0.1, 0.15) is 52.5 Å². The number of carbonyl (C=O) groups is 1. The summed E-state index contributed by atoms with van der Waals surface area (Å²) in [6, 6.07) is 13.7. The SMILES string of the molecule is Cc1c(F)cccc1Cc1c(C(=O)N2CCNCC2)c2ccccc2n1C1C=CCCC1. The number of hydrogen-bond donors (Lipinski definition) is 1. The van der Waals surface area contributed by atoms with Gasteiger partial charge in [-0.15, -0.1) is 0 Å². The van der Waals surface area contributed by atoms with Crippen LogP contribution in [0.4, 0.5) is 4.39 Å². The van der Waals surface area contributed by atoms with E-state index in [0.29, 0.717) is 25.1 Å². The lowest BCUT2D eigenvalue weighted by Crippen LogP contribution is -2.46. The summed E-state index contributed by atoms with van der Waals surface area (Å²) < 4.78 is 16.7. The number of aromatic nitrogens is 1. The van der Waals surface area contributed by atoms with Gasteiger partial charge in [0.15, 0.2) is 0 Å². The number of hydrogen-bond acceptors (Lipinski definition) is 2. The first-order valence-corrected chi connectivity index (χ1v) is 11.7. The summed E-state index contributed by atoms with van der Waals surface area (Å²) in [5.41, 5.74) is 4.46. The average molecular weight is 432 g/mol. The van der Waals surface area contributed by atoms with Crippen molar-refractivity contribution < 1.29 is 9.18 Å². The minimum Gasteiger partial charge on any atom is -0.337 e. The maximum absolute atomic E-state index is 14.4. The zero-order valence-corrected chi connectivity index (χ0v) is 18.6. The van der Waals surface area contributed by atoms with Crippen LogP contribution < -0.4 is 5.32 Å². The molecule has 1 amide bonds. The summed E-state index contributed by atoms with van der Waals surface area (Å²) in [4.78, 5) is 15.8. The molecule has 1 aliphatic heterocycles. The van der Waals surface area contributed by atoms with Crippen molar-refractivity contribution in [3.05, 3.63) is 82.8 Å². The predicted molar refractivity (Wildman–Crippen MR) is 127 cm³/mol. The summed E-state index contributed by atoms with van der Waals surface area (Å²) in [5.74, 6) is -0.108. The van der Waals surface area contributed by atoms with Gasteiger partial charge in [-0.3, -0.25) is 4.79 Å². The van der Waals surface area contributed by atoms with Crippen molar-refractivity contribution in [3.8, 4) is 0 Å². The van der Waals surface area contributed by atoms with Gasteiger partial charge in [0.2, 0.25) is 0 Å². The standard InChI is InChI=1S/C27H30FN3O/c1-19-20(8-7-12-23(19)28)18-25-26(27(32)30-16-14-29-15-17-30)22-11-5-6-13-24(22)31(25)21-9-3-2-4-10-21/h3,5-9,11-13,21,29H,2,4,10,14-18H2,1H3. The van der Waals surface area contributed by atoms with E-state index in [0.717, 1.165) is 60.1 Å². The van der Waals surface area contributed by atoms with Crippen molar-refractivity contribution >= 4 is 16.8 Å². The number of piperazine rings is 1. The monoisotopic (exact) mass is 431 g/mol. The Bertz CT molecular complexity index is 1170. The normalized spacial score (nSPS) is 18.9. The molecule has 3 aromatic rings. The molecular weight excluding hydrogens is 401 g/mol. The highest BCUT2D eigenvalue weighted by Gasteiger charge is 2.29. The molecule has 1 aliphatic carbocycles. The lowest BCUT2D eigenvalue weighted by atomic mass is 9.98. The molecule has 1 aromatic heterocycles. The molecule has 0 saturated carbocycles. The molecule has 2 aromatic carbocycles. The molecule has 1 atom stereocenters. The third-order valence-electron chi connectivity index (χ3n) is 6.93. The highest BCUT2D eigenvalue weighted by Crippen LogP contribution is 2.36. The Morgan fingerprint density at radius 2 is 1.94 bits per heavy atom. The summed E-state index contributed by atoms with van der Waals surface area (Å²) in [6.07, 6.45) is 8.34. The first kappa shape index (κ1) is 21.0. The molecule has 5 heteroatoms. The Kier molecular flexibility index (Phi) is 5.83. The molecule has 2 aliphatic rings. The van der Waals surface area contributed by atoms with Crippen LogP contribution in [0, 0.1) is 12.7 Å². The van der Waals surface area contributed by atoms with Gasteiger partial charge in [0.1, 0.15) is 5.82 Å². The lowest BCUT2D eigenvalue weighted by molar-refractivity contribution is 0.0736. The smallest absolute Gasteiger partial charge is 0.256 e. The minimum absolute atomic E-state index is 0.0882. The van der Waals surface area contributed by atoms with Crippen LogP contribution in [0.2, 0.25) is 0 Å². The molecule has 0 bridgehead atoms. The maximum atomic E-state index is 14.4. The fourth-order valence-electron chi connectivity index (χ4n) is 5.17. The summed E-state index contributed by atoms with van der Waals surface area (Å²) in [6.45, 7) is 4.87. The number of carbonyl (C=O) groups excluding carboxylic acids is 1. The van der Waals surface area contributed by atoms with Crippen LogP contribution in [0.25, 0.3) is 10.9 Å². The van der Waals surface area contributed by atoms with E-state index in [-0.39, 0.29) is 17.8 Å². The van der Waals surface area contributed by atoms with Crippen molar-refractivity contribution in [2.45, 2.75) is 38.6 Å². The van der Waals surface area contributed by atoms with Gasteiger partial charge in [-0.25, -0.2) is 4.39 Å². The summed E-state index contributed by atoms with van der Waals surface area (Å²) in [7, 11) is 0. The second-order valence-corrected chi connectivity index (χ2v) is 8.88. The number of allylic oxidation sites excluding steroid dienone is 2. The van der Waals surface area contributed by atoms with Gasteiger partial charge < -0.3 is 14.8 Å². The van der Waals surface area contributed by atoms with Crippen LogP contribution in [0.3, 0.4) is 0 Å². The van der Waals surface area contributed by atoms with Gasteiger partial charge in [0.05, 0.1) is 11.6 Å². The van der Waals surface area contributed by atoms with E-state index in [2.05, 4.69) is 34.2 Å². The molecule has 0 spiro atoms. The largest absolute Gasteiger partial charge is 0.337 e. The van der Waals surface area contributed by atoms with Crippen LogP contribution in [0.5, 0.6) is 0 Å². The van der Waals surface area contributed by atoms with Gasteiger partial charge in [-0.1, -0.05) is 42.5 Å². The van der Waals surface area contributed by atoms with Crippen LogP contribution in [0.15, 0.2) is 54.6 Å². The predicted octanol–water partition coefficient (Wildman–Crippen LogP) is 5.01. The van der Waals surface area contributed by atoms with Crippen molar-refractivity contribution in [2.75, 3.05) is 26.2 Å². The molecule has 1 N–H and O–H groups in total. The zero-order valence-electron chi connectivity index (χ0n) is 18.6. The van der Waals surface area contributed by atoms with E-state index in [4.69, 9.17) is 0 Å². The third kappa shape index (κ3) is 3.75. The number of amides is 1. The van der Waals surface area contributed by atoms with Gasteiger partial charge in [0.25, 0.3) is 5.91 Å².